The van der Waals surface area contributed by atoms with E-state index in [0.29, 0.717) is 5.75 Å². The Labute approximate surface area is 96.3 Å². The Bertz CT molecular complexity index is 508. The summed E-state index contributed by atoms with van der Waals surface area (Å²) in [6, 6.07) is 8.40. The van der Waals surface area contributed by atoms with E-state index in [1.807, 2.05) is 17.5 Å². The Hall–Kier alpha value is -1.88. The quantitative estimate of drug-likeness (QED) is 0.605. The molecule has 0 saturated heterocycles. The first-order chi connectivity index (χ1) is 7.72. The van der Waals surface area contributed by atoms with Crippen LogP contribution in [0, 0.1) is 10.1 Å². The molecule has 0 amide bonds. The number of non-ortho nitro benzene ring substituents is 1. The van der Waals surface area contributed by atoms with Gasteiger partial charge in [0.2, 0.25) is 0 Å². The Kier molecular flexibility index (Phi) is 2.87. The van der Waals surface area contributed by atoms with E-state index in [4.69, 9.17) is 4.74 Å². The van der Waals surface area contributed by atoms with Crippen LogP contribution in [0.1, 0.15) is 0 Å². The molecule has 0 aliphatic rings. The number of hydrogen-bond donors (Lipinski definition) is 0. The van der Waals surface area contributed by atoms with Crippen molar-refractivity contribution in [3.05, 3.63) is 45.8 Å². The normalized spacial score (nSPS) is 10.1. The monoisotopic (exact) mass is 235 g/mol. The lowest BCUT2D eigenvalue weighted by molar-refractivity contribution is -0.384. The molecular formula is C11H9NO3S. The predicted molar refractivity (Wildman–Crippen MR) is 63.0 cm³/mol. The van der Waals surface area contributed by atoms with Crippen molar-refractivity contribution >= 4 is 17.0 Å². The molecule has 0 aliphatic heterocycles. The number of ether oxygens (including phenoxy) is 1. The molecule has 5 heteroatoms. The fourth-order valence-electron chi connectivity index (χ4n) is 1.43. The molecular weight excluding hydrogens is 226 g/mol. The molecule has 16 heavy (non-hydrogen) atoms. The molecule has 0 atom stereocenters. The van der Waals surface area contributed by atoms with Gasteiger partial charge in [-0.2, -0.15) is 0 Å². The molecule has 0 bridgehead atoms. The zero-order valence-electron chi connectivity index (χ0n) is 8.54. The van der Waals surface area contributed by atoms with Crippen LogP contribution in [0.25, 0.3) is 10.4 Å². The fourth-order valence-corrected chi connectivity index (χ4v) is 2.18. The first-order valence-corrected chi connectivity index (χ1v) is 5.46. The van der Waals surface area contributed by atoms with Gasteiger partial charge in [0.05, 0.1) is 12.0 Å². The van der Waals surface area contributed by atoms with E-state index in [1.165, 1.54) is 23.5 Å². The number of methoxy groups -OCH3 is 1. The number of hydrogen-bond acceptors (Lipinski definition) is 4. The van der Waals surface area contributed by atoms with Gasteiger partial charge in [-0.25, -0.2) is 0 Å². The van der Waals surface area contributed by atoms with Gasteiger partial charge in [0.25, 0.3) is 5.69 Å². The van der Waals surface area contributed by atoms with E-state index in [1.54, 1.807) is 13.2 Å². The fraction of sp³-hybridized carbons (Fsp3) is 0.0909. The van der Waals surface area contributed by atoms with Crippen molar-refractivity contribution < 1.29 is 9.66 Å². The summed E-state index contributed by atoms with van der Waals surface area (Å²) in [6.07, 6.45) is 0. The third-order valence-corrected chi connectivity index (χ3v) is 3.08. The SMILES string of the molecule is COc1ccc([N+](=O)[O-])cc1-c1cccs1. The van der Waals surface area contributed by atoms with Crippen LogP contribution in [0.5, 0.6) is 5.75 Å². The minimum atomic E-state index is -0.406. The molecule has 1 heterocycles. The summed E-state index contributed by atoms with van der Waals surface area (Å²) in [6.45, 7) is 0. The van der Waals surface area contributed by atoms with Crippen molar-refractivity contribution in [2.24, 2.45) is 0 Å². The third kappa shape index (κ3) is 1.90. The number of benzene rings is 1. The van der Waals surface area contributed by atoms with Crippen LogP contribution in [0.15, 0.2) is 35.7 Å². The molecule has 4 nitrogen and oxygen atoms in total. The second kappa shape index (κ2) is 4.32. The van der Waals surface area contributed by atoms with Crippen LogP contribution < -0.4 is 4.74 Å². The van der Waals surface area contributed by atoms with E-state index in [9.17, 15) is 10.1 Å². The zero-order valence-corrected chi connectivity index (χ0v) is 9.36. The van der Waals surface area contributed by atoms with Gasteiger partial charge >= 0.3 is 0 Å². The molecule has 0 saturated carbocycles. The Morgan fingerprint density at radius 2 is 2.19 bits per heavy atom. The minimum absolute atomic E-state index is 0.0733. The van der Waals surface area contributed by atoms with Crippen molar-refractivity contribution in [3.63, 3.8) is 0 Å². The molecule has 82 valence electrons. The molecule has 0 unspecified atom stereocenters. The maximum absolute atomic E-state index is 10.7. The summed E-state index contributed by atoms with van der Waals surface area (Å²) >= 11 is 1.52. The average molecular weight is 235 g/mol. The van der Waals surface area contributed by atoms with Crippen molar-refractivity contribution in [2.45, 2.75) is 0 Å². The molecule has 2 rings (SSSR count). The van der Waals surface area contributed by atoms with Crippen molar-refractivity contribution in [1.29, 1.82) is 0 Å². The van der Waals surface area contributed by atoms with Crippen LogP contribution in [-0.2, 0) is 0 Å². The smallest absolute Gasteiger partial charge is 0.270 e. The van der Waals surface area contributed by atoms with E-state index >= 15 is 0 Å². The zero-order chi connectivity index (χ0) is 11.5. The standard InChI is InChI=1S/C11H9NO3S/c1-15-10-5-4-8(12(13)14)7-9(10)11-3-2-6-16-11/h2-7H,1H3. The average Bonchev–Trinajstić information content (AvgIpc) is 2.81. The van der Waals surface area contributed by atoms with Gasteiger partial charge in [-0.15, -0.1) is 11.3 Å². The van der Waals surface area contributed by atoms with Crippen LogP contribution >= 0.6 is 11.3 Å². The lowest BCUT2D eigenvalue weighted by Gasteiger charge is -2.05. The highest BCUT2D eigenvalue weighted by atomic mass is 32.1. The van der Waals surface area contributed by atoms with Crippen LogP contribution in [0.2, 0.25) is 0 Å². The molecule has 0 spiro atoms. The van der Waals surface area contributed by atoms with Crippen molar-refractivity contribution in [3.8, 4) is 16.2 Å². The second-order valence-corrected chi connectivity index (χ2v) is 4.07. The first-order valence-electron chi connectivity index (χ1n) is 4.58. The largest absolute Gasteiger partial charge is 0.496 e. The summed E-state index contributed by atoms with van der Waals surface area (Å²) in [5.41, 5.74) is 0.830. The molecule has 1 aromatic heterocycles. The number of nitro groups is 1. The van der Waals surface area contributed by atoms with Crippen molar-refractivity contribution in [2.75, 3.05) is 7.11 Å². The van der Waals surface area contributed by atoms with Gasteiger partial charge in [-0.3, -0.25) is 10.1 Å². The third-order valence-electron chi connectivity index (χ3n) is 2.18. The van der Waals surface area contributed by atoms with Crippen LogP contribution in [0.3, 0.4) is 0 Å². The molecule has 0 N–H and O–H groups in total. The number of rotatable bonds is 3. The number of nitrogens with zero attached hydrogens (tertiary/aromatic N) is 1. The van der Waals surface area contributed by atoms with Gasteiger partial charge < -0.3 is 4.74 Å². The summed E-state index contributed by atoms with van der Waals surface area (Å²) < 4.78 is 5.19. The van der Waals surface area contributed by atoms with Crippen LogP contribution in [0.4, 0.5) is 5.69 Å². The first kappa shape index (κ1) is 10.6. The summed E-state index contributed by atoms with van der Waals surface area (Å²) in [5, 5.41) is 12.6. The summed E-state index contributed by atoms with van der Waals surface area (Å²) in [4.78, 5) is 11.2. The Balaban J connectivity index is 2.56. The number of thiophene rings is 1. The van der Waals surface area contributed by atoms with Crippen LogP contribution in [-0.4, -0.2) is 12.0 Å². The predicted octanol–water partition coefficient (Wildman–Crippen LogP) is 3.33. The van der Waals surface area contributed by atoms with Gasteiger partial charge in [0.1, 0.15) is 5.75 Å². The lowest BCUT2D eigenvalue weighted by Crippen LogP contribution is -1.91. The maximum atomic E-state index is 10.7. The summed E-state index contributed by atoms with van der Waals surface area (Å²) in [5.74, 6) is 0.646. The van der Waals surface area contributed by atoms with Gasteiger partial charge in [0.15, 0.2) is 0 Å². The van der Waals surface area contributed by atoms with Gasteiger partial charge in [0, 0.05) is 22.6 Å². The topological polar surface area (TPSA) is 52.4 Å². The molecule has 0 fully saturated rings. The minimum Gasteiger partial charge on any atom is -0.496 e. The highest BCUT2D eigenvalue weighted by Crippen LogP contribution is 2.35. The van der Waals surface area contributed by atoms with E-state index in [-0.39, 0.29) is 5.69 Å². The molecule has 2 aromatic rings. The second-order valence-electron chi connectivity index (χ2n) is 3.12. The van der Waals surface area contributed by atoms with E-state index < -0.39 is 4.92 Å². The Morgan fingerprint density at radius 3 is 2.75 bits per heavy atom. The number of nitro benzene ring substituents is 1. The highest BCUT2D eigenvalue weighted by Gasteiger charge is 2.13. The van der Waals surface area contributed by atoms with Crippen molar-refractivity contribution in [1.82, 2.24) is 0 Å². The summed E-state index contributed by atoms with van der Waals surface area (Å²) in [7, 11) is 1.55. The molecule has 1 aromatic carbocycles. The van der Waals surface area contributed by atoms with Gasteiger partial charge in [-0.05, 0) is 17.5 Å². The molecule has 0 aliphatic carbocycles. The molecule has 0 radical (unpaired) electrons. The highest BCUT2D eigenvalue weighted by molar-refractivity contribution is 7.13. The lowest BCUT2D eigenvalue weighted by atomic mass is 10.1. The van der Waals surface area contributed by atoms with E-state index in [2.05, 4.69) is 0 Å². The maximum Gasteiger partial charge on any atom is 0.270 e. The van der Waals surface area contributed by atoms with E-state index in [0.717, 1.165) is 10.4 Å². The van der Waals surface area contributed by atoms with Gasteiger partial charge in [-0.1, -0.05) is 6.07 Å². The Morgan fingerprint density at radius 1 is 1.38 bits per heavy atom.